The third kappa shape index (κ3) is 5.52. The van der Waals surface area contributed by atoms with Gasteiger partial charge in [-0.1, -0.05) is 13.0 Å². The molecule has 1 fully saturated rings. The molecule has 10 nitrogen and oxygen atoms in total. The number of carboxylic acid groups (broad SMARTS) is 2. The fraction of sp³-hybridized carbons (Fsp3) is 0.167. The predicted octanol–water partition coefficient (Wildman–Crippen LogP) is 5.57. The molecule has 0 unspecified atom stereocenters. The highest BCUT2D eigenvalue weighted by Crippen LogP contribution is 2.43. The quantitative estimate of drug-likeness (QED) is 0.198. The van der Waals surface area contributed by atoms with Crippen LogP contribution in [0.1, 0.15) is 63.2 Å². The molecule has 5 rings (SSSR count). The van der Waals surface area contributed by atoms with E-state index >= 15 is 0 Å². The van der Waals surface area contributed by atoms with Crippen molar-refractivity contribution < 1.29 is 29.0 Å². The van der Waals surface area contributed by atoms with Gasteiger partial charge in [0.15, 0.2) is 5.11 Å². The third-order valence-corrected chi connectivity index (χ3v) is 7.13. The first-order chi connectivity index (χ1) is 19.7. The maximum absolute atomic E-state index is 12.0. The van der Waals surface area contributed by atoms with Crippen molar-refractivity contribution in [1.82, 2.24) is 10.3 Å². The Morgan fingerprint density at radius 3 is 2.37 bits per heavy atom. The summed E-state index contributed by atoms with van der Waals surface area (Å²) in [6, 6.07) is 17.6. The number of rotatable bonds is 8. The van der Waals surface area contributed by atoms with Crippen molar-refractivity contribution in [3.05, 3.63) is 101 Å². The van der Waals surface area contributed by atoms with Crippen LogP contribution in [0.15, 0.2) is 77.3 Å². The smallest absolute Gasteiger partial charge is 0.335 e. The Morgan fingerprint density at radius 2 is 1.76 bits per heavy atom. The number of amides is 1. The second kappa shape index (κ2) is 11.2. The van der Waals surface area contributed by atoms with Crippen molar-refractivity contribution in [3.63, 3.8) is 0 Å². The van der Waals surface area contributed by atoms with Crippen LogP contribution >= 0.6 is 12.2 Å². The molecule has 41 heavy (non-hydrogen) atoms. The minimum Gasteiger partial charge on any atom is -0.478 e. The number of carboxylic acids is 2. The number of carbonyl (C=O) groups is 3. The van der Waals surface area contributed by atoms with E-state index in [9.17, 15) is 24.6 Å². The standard InChI is InChI=1S/C30H26N4O6S/c1-3-25(35)32-21-8-7-20(12-16(21)2)34-27(26(33-30(34)41)22-6-4-5-11-31-22)24-10-9-23(40-24)17-13-18(28(36)37)15-19(14-17)29(38)39/h4-15,26-27H,3H2,1-2H3,(H,32,35)(H,33,41)(H,36,37)(H,38,39)/t26-,27+/m0/s1. The second-order valence-corrected chi connectivity index (χ2v) is 9.90. The van der Waals surface area contributed by atoms with Gasteiger partial charge < -0.3 is 30.2 Å². The molecule has 2 atom stereocenters. The summed E-state index contributed by atoms with van der Waals surface area (Å²) in [4.78, 5) is 41.7. The van der Waals surface area contributed by atoms with Crippen LogP contribution in [0.3, 0.4) is 0 Å². The molecule has 208 valence electrons. The molecule has 1 amide bonds. The highest BCUT2D eigenvalue weighted by molar-refractivity contribution is 7.80. The zero-order valence-corrected chi connectivity index (χ0v) is 22.9. The molecule has 0 bridgehead atoms. The number of hydrogen-bond acceptors (Lipinski definition) is 6. The van der Waals surface area contributed by atoms with Crippen molar-refractivity contribution in [2.75, 3.05) is 10.2 Å². The van der Waals surface area contributed by atoms with Crippen LogP contribution in [0, 0.1) is 6.92 Å². The average molecular weight is 571 g/mol. The van der Waals surface area contributed by atoms with E-state index in [1.165, 1.54) is 12.1 Å². The number of anilines is 2. The van der Waals surface area contributed by atoms with Crippen molar-refractivity contribution in [2.24, 2.45) is 0 Å². The molecule has 3 heterocycles. The molecule has 2 aromatic heterocycles. The molecule has 4 N–H and O–H groups in total. The lowest BCUT2D eigenvalue weighted by Crippen LogP contribution is -2.29. The van der Waals surface area contributed by atoms with Crippen molar-refractivity contribution in [3.8, 4) is 11.3 Å². The number of aromatic carboxylic acids is 2. The molecule has 0 radical (unpaired) electrons. The van der Waals surface area contributed by atoms with Gasteiger partial charge >= 0.3 is 11.9 Å². The Morgan fingerprint density at radius 1 is 1.02 bits per heavy atom. The van der Waals surface area contributed by atoms with E-state index in [1.807, 2.05) is 48.2 Å². The highest BCUT2D eigenvalue weighted by atomic mass is 32.1. The number of aromatic nitrogens is 1. The first kappa shape index (κ1) is 27.5. The summed E-state index contributed by atoms with van der Waals surface area (Å²) in [5.41, 5.74) is 3.01. The summed E-state index contributed by atoms with van der Waals surface area (Å²) in [7, 11) is 0. The lowest BCUT2D eigenvalue weighted by atomic mass is 10.0. The molecular formula is C30H26N4O6S. The number of pyridine rings is 1. The van der Waals surface area contributed by atoms with Crippen LogP contribution in [-0.2, 0) is 4.79 Å². The fourth-order valence-corrected chi connectivity index (χ4v) is 5.13. The van der Waals surface area contributed by atoms with Gasteiger partial charge in [-0.05, 0) is 85.4 Å². The fourth-order valence-electron chi connectivity index (χ4n) is 4.78. The SMILES string of the molecule is CCC(=O)Nc1ccc(N2C(=S)N[C@@H](c3ccccn3)[C@H]2c2ccc(-c3cc(C(=O)O)cc(C(=O)O)c3)o2)cc1C. The monoisotopic (exact) mass is 570 g/mol. The Kier molecular flexibility index (Phi) is 7.54. The van der Waals surface area contributed by atoms with Gasteiger partial charge in [-0.3, -0.25) is 9.78 Å². The summed E-state index contributed by atoms with van der Waals surface area (Å²) in [5.74, 6) is -1.78. The van der Waals surface area contributed by atoms with E-state index < -0.39 is 24.0 Å². The summed E-state index contributed by atoms with van der Waals surface area (Å²) in [5, 5.41) is 25.7. The van der Waals surface area contributed by atoms with Gasteiger partial charge in [0.05, 0.1) is 22.9 Å². The number of furan rings is 1. The zero-order chi connectivity index (χ0) is 29.3. The number of thiocarbonyl (C=S) groups is 1. The van der Waals surface area contributed by atoms with Crippen LogP contribution < -0.4 is 15.5 Å². The maximum Gasteiger partial charge on any atom is 0.335 e. The second-order valence-electron chi connectivity index (χ2n) is 9.51. The highest BCUT2D eigenvalue weighted by Gasteiger charge is 2.42. The number of hydrogen-bond donors (Lipinski definition) is 4. The number of nitrogens with zero attached hydrogens (tertiary/aromatic N) is 2. The largest absolute Gasteiger partial charge is 0.478 e. The van der Waals surface area contributed by atoms with Gasteiger partial charge in [0.25, 0.3) is 0 Å². The van der Waals surface area contributed by atoms with E-state index in [0.29, 0.717) is 34.3 Å². The van der Waals surface area contributed by atoms with Crippen LogP contribution in [0.4, 0.5) is 11.4 Å². The van der Waals surface area contributed by atoms with Gasteiger partial charge in [0, 0.05) is 29.6 Å². The maximum atomic E-state index is 12.0. The summed E-state index contributed by atoms with van der Waals surface area (Å²) < 4.78 is 6.28. The number of benzene rings is 2. The number of aryl methyl sites for hydroxylation is 1. The van der Waals surface area contributed by atoms with Gasteiger partial charge in [-0.2, -0.15) is 0 Å². The van der Waals surface area contributed by atoms with Crippen LogP contribution in [0.2, 0.25) is 0 Å². The van der Waals surface area contributed by atoms with Crippen LogP contribution in [0.25, 0.3) is 11.3 Å². The van der Waals surface area contributed by atoms with E-state index in [2.05, 4.69) is 15.6 Å². The predicted molar refractivity (Wildman–Crippen MR) is 156 cm³/mol. The zero-order valence-electron chi connectivity index (χ0n) is 22.1. The molecule has 2 aromatic carbocycles. The molecule has 0 spiro atoms. The average Bonchev–Trinajstić information content (AvgIpc) is 3.59. The van der Waals surface area contributed by atoms with E-state index in [1.54, 1.807) is 25.3 Å². The topological polar surface area (TPSA) is 145 Å². The molecular weight excluding hydrogens is 544 g/mol. The first-order valence-electron chi connectivity index (χ1n) is 12.8. The van der Waals surface area contributed by atoms with E-state index in [4.69, 9.17) is 16.6 Å². The Balaban J connectivity index is 1.59. The minimum absolute atomic E-state index is 0.0894. The Hall–Kier alpha value is -5.03. The Bertz CT molecular complexity index is 1640. The number of carbonyl (C=O) groups excluding carboxylic acids is 1. The Labute approximate surface area is 240 Å². The molecule has 4 aromatic rings. The third-order valence-electron chi connectivity index (χ3n) is 6.81. The van der Waals surface area contributed by atoms with Gasteiger partial charge in [0.2, 0.25) is 5.91 Å². The van der Waals surface area contributed by atoms with Gasteiger partial charge in [-0.15, -0.1) is 0 Å². The molecule has 11 heteroatoms. The summed E-state index contributed by atoms with van der Waals surface area (Å²) in [6.45, 7) is 3.68. The van der Waals surface area contributed by atoms with E-state index in [-0.39, 0.29) is 17.0 Å². The molecule has 1 aliphatic rings. The number of nitrogens with one attached hydrogen (secondary N) is 2. The molecule has 1 saturated heterocycles. The van der Waals surface area contributed by atoms with Gasteiger partial charge in [-0.25, -0.2) is 9.59 Å². The molecule has 0 saturated carbocycles. The lowest BCUT2D eigenvalue weighted by Gasteiger charge is -2.27. The molecule has 1 aliphatic heterocycles. The lowest BCUT2D eigenvalue weighted by molar-refractivity contribution is -0.115. The van der Waals surface area contributed by atoms with E-state index in [0.717, 1.165) is 23.0 Å². The van der Waals surface area contributed by atoms with Crippen molar-refractivity contribution >= 4 is 46.6 Å². The van der Waals surface area contributed by atoms with Crippen molar-refractivity contribution in [2.45, 2.75) is 32.4 Å². The summed E-state index contributed by atoms with van der Waals surface area (Å²) >= 11 is 5.78. The van der Waals surface area contributed by atoms with Gasteiger partial charge in [0.1, 0.15) is 17.6 Å². The normalized spacial score (nSPS) is 16.3. The molecule has 0 aliphatic carbocycles. The summed E-state index contributed by atoms with van der Waals surface area (Å²) in [6.07, 6.45) is 2.05. The van der Waals surface area contributed by atoms with Crippen molar-refractivity contribution in [1.29, 1.82) is 0 Å². The minimum atomic E-state index is -1.25. The van der Waals surface area contributed by atoms with Crippen LogP contribution in [-0.4, -0.2) is 38.2 Å². The first-order valence-corrected chi connectivity index (χ1v) is 13.2. The van der Waals surface area contributed by atoms with Crippen LogP contribution in [0.5, 0.6) is 0 Å².